The monoisotopic (exact) mass is 286 g/mol. The number of para-hydroxylation sites is 3. The van der Waals surface area contributed by atoms with E-state index < -0.39 is 0 Å². The van der Waals surface area contributed by atoms with E-state index in [1.807, 2.05) is 38.1 Å². The second-order valence-electron chi connectivity index (χ2n) is 4.61. The Morgan fingerprint density at radius 3 is 2.57 bits per heavy atom. The number of hydrogen-bond acceptors (Lipinski definition) is 4. The summed E-state index contributed by atoms with van der Waals surface area (Å²) in [5.74, 6) is 0.790. The Labute approximate surface area is 123 Å². The molecule has 0 fully saturated rings. The van der Waals surface area contributed by atoms with Gasteiger partial charge in [-0.05, 0) is 26.0 Å². The molecule has 21 heavy (non-hydrogen) atoms. The number of benzene rings is 2. The van der Waals surface area contributed by atoms with Crippen LogP contribution in [0.3, 0.4) is 0 Å². The highest BCUT2D eigenvalue weighted by Crippen LogP contribution is 2.31. The van der Waals surface area contributed by atoms with Crippen molar-refractivity contribution in [2.45, 2.75) is 19.9 Å². The van der Waals surface area contributed by atoms with E-state index >= 15 is 0 Å². The Kier molecular flexibility index (Phi) is 4.77. The van der Waals surface area contributed by atoms with Crippen molar-refractivity contribution >= 4 is 11.4 Å². The van der Waals surface area contributed by atoms with Crippen LogP contribution in [0.25, 0.3) is 0 Å². The number of nitrogens with one attached hydrogen (secondary N) is 1. The number of hydrogen-bond donors (Lipinski definition) is 1. The maximum absolute atomic E-state index is 11.1. The van der Waals surface area contributed by atoms with E-state index in [4.69, 9.17) is 4.74 Å². The molecule has 0 spiro atoms. The average molecular weight is 286 g/mol. The molecule has 0 aliphatic carbocycles. The lowest BCUT2D eigenvalue weighted by Gasteiger charge is -2.18. The summed E-state index contributed by atoms with van der Waals surface area (Å²) in [5.41, 5.74) is 1.54. The minimum Gasteiger partial charge on any atom is -0.494 e. The molecule has 1 N–H and O–H groups in total. The van der Waals surface area contributed by atoms with Crippen LogP contribution in [-0.2, 0) is 0 Å². The number of ether oxygens (including phenoxy) is 1. The van der Waals surface area contributed by atoms with E-state index in [0.29, 0.717) is 12.3 Å². The van der Waals surface area contributed by atoms with Crippen molar-refractivity contribution in [1.29, 1.82) is 0 Å². The van der Waals surface area contributed by atoms with Gasteiger partial charge in [-0.2, -0.15) is 0 Å². The molecule has 1 unspecified atom stereocenters. The Balaban J connectivity index is 2.26. The number of nitrogens with zero attached hydrogens (tertiary/aromatic N) is 1. The van der Waals surface area contributed by atoms with Crippen LogP contribution in [0.5, 0.6) is 5.75 Å². The van der Waals surface area contributed by atoms with Crippen molar-refractivity contribution in [2.75, 3.05) is 11.9 Å². The van der Waals surface area contributed by atoms with Gasteiger partial charge in [0.15, 0.2) is 0 Å². The Bertz CT molecular complexity index is 628. The van der Waals surface area contributed by atoms with Gasteiger partial charge >= 0.3 is 0 Å². The Hall–Kier alpha value is -2.56. The largest absolute Gasteiger partial charge is 0.494 e. The highest BCUT2D eigenvalue weighted by molar-refractivity contribution is 5.62. The summed E-state index contributed by atoms with van der Waals surface area (Å²) in [6, 6.07) is 14.2. The number of nitro benzene ring substituents is 1. The van der Waals surface area contributed by atoms with Crippen LogP contribution in [0.15, 0.2) is 48.5 Å². The SMILES string of the molecule is CCOc1ccccc1C(C)Nc1ccccc1[N+](=O)[O-]. The van der Waals surface area contributed by atoms with Crippen LogP contribution in [-0.4, -0.2) is 11.5 Å². The molecule has 0 heterocycles. The third kappa shape index (κ3) is 3.51. The van der Waals surface area contributed by atoms with Gasteiger partial charge in [-0.15, -0.1) is 0 Å². The first-order valence-electron chi connectivity index (χ1n) is 6.85. The summed E-state index contributed by atoms with van der Waals surface area (Å²) in [6.07, 6.45) is 0. The standard InChI is InChI=1S/C16H18N2O3/c1-3-21-16-11-7-4-8-13(16)12(2)17-14-9-5-6-10-15(14)18(19)20/h4-12,17H,3H2,1-2H3. The molecule has 2 aromatic carbocycles. The summed E-state index contributed by atoms with van der Waals surface area (Å²) >= 11 is 0. The van der Waals surface area contributed by atoms with Gasteiger partial charge in [-0.3, -0.25) is 10.1 Å². The van der Waals surface area contributed by atoms with Crippen molar-refractivity contribution < 1.29 is 9.66 Å². The molecular weight excluding hydrogens is 268 g/mol. The summed E-state index contributed by atoms with van der Waals surface area (Å²) < 4.78 is 5.60. The first kappa shape index (κ1) is 14.8. The molecule has 0 bridgehead atoms. The van der Waals surface area contributed by atoms with Gasteiger partial charge in [-0.1, -0.05) is 30.3 Å². The number of rotatable bonds is 6. The van der Waals surface area contributed by atoms with Crippen molar-refractivity contribution in [3.05, 3.63) is 64.2 Å². The maximum Gasteiger partial charge on any atom is 0.292 e. The van der Waals surface area contributed by atoms with E-state index in [-0.39, 0.29) is 16.7 Å². The quantitative estimate of drug-likeness (QED) is 0.639. The molecule has 2 aromatic rings. The second-order valence-corrected chi connectivity index (χ2v) is 4.61. The molecule has 0 amide bonds. The van der Waals surface area contributed by atoms with Gasteiger partial charge in [0, 0.05) is 11.6 Å². The molecule has 0 aliphatic rings. The molecule has 0 radical (unpaired) electrons. The molecule has 1 atom stereocenters. The fraction of sp³-hybridized carbons (Fsp3) is 0.250. The van der Waals surface area contributed by atoms with Crippen molar-refractivity contribution in [1.82, 2.24) is 0 Å². The highest BCUT2D eigenvalue weighted by Gasteiger charge is 2.17. The van der Waals surface area contributed by atoms with E-state index in [9.17, 15) is 10.1 Å². The minimum absolute atomic E-state index is 0.0678. The van der Waals surface area contributed by atoms with Crippen molar-refractivity contribution in [3.63, 3.8) is 0 Å². The molecule has 0 aliphatic heterocycles. The molecular formula is C16H18N2O3. The average Bonchev–Trinajstić information content (AvgIpc) is 2.48. The van der Waals surface area contributed by atoms with Gasteiger partial charge in [0.05, 0.1) is 17.6 Å². The number of anilines is 1. The van der Waals surface area contributed by atoms with Crippen molar-refractivity contribution in [2.24, 2.45) is 0 Å². The Morgan fingerprint density at radius 1 is 1.19 bits per heavy atom. The molecule has 110 valence electrons. The van der Waals surface area contributed by atoms with Crippen LogP contribution in [0.2, 0.25) is 0 Å². The normalized spacial score (nSPS) is 11.7. The lowest BCUT2D eigenvalue weighted by molar-refractivity contribution is -0.384. The second kappa shape index (κ2) is 6.74. The maximum atomic E-state index is 11.1. The first-order chi connectivity index (χ1) is 10.1. The van der Waals surface area contributed by atoms with Crippen LogP contribution in [0.1, 0.15) is 25.5 Å². The van der Waals surface area contributed by atoms with Crippen LogP contribution < -0.4 is 10.1 Å². The molecule has 2 rings (SSSR count). The molecule has 5 nitrogen and oxygen atoms in total. The van der Waals surface area contributed by atoms with Crippen LogP contribution in [0, 0.1) is 10.1 Å². The summed E-state index contributed by atoms with van der Waals surface area (Å²) in [7, 11) is 0. The van der Waals surface area contributed by atoms with E-state index in [1.54, 1.807) is 18.2 Å². The Morgan fingerprint density at radius 2 is 1.86 bits per heavy atom. The fourth-order valence-electron chi connectivity index (χ4n) is 2.19. The predicted molar refractivity (Wildman–Crippen MR) is 82.7 cm³/mol. The lowest BCUT2D eigenvalue weighted by atomic mass is 10.1. The lowest BCUT2D eigenvalue weighted by Crippen LogP contribution is -2.10. The summed E-state index contributed by atoms with van der Waals surface area (Å²) in [4.78, 5) is 10.7. The summed E-state index contributed by atoms with van der Waals surface area (Å²) in [5, 5.41) is 14.2. The molecule has 0 saturated heterocycles. The third-order valence-corrected chi connectivity index (χ3v) is 3.16. The fourth-order valence-corrected chi connectivity index (χ4v) is 2.19. The molecule has 0 aromatic heterocycles. The van der Waals surface area contributed by atoms with E-state index in [1.165, 1.54) is 6.07 Å². The summed E-state index contributed by atoms with van der Waals surface area (Å²) in [6.45, 7) is 4.46. The van der Waals surface area contributed by atoms with Crippen LogP contribution >= 0.6 is 0 Å². The molecule has 0 saturated carbocycles. The van der Waals surface area contributed by atoms with Gasteiger partial charge in [0.25, 0.3) is 5.69 Å². The van der Waals surface area contributed by atoms with E-state index in [0.717, 1.165) is 11.3 Å². The zero-order chi connectivity index (χ0) is 15.2. The number of nitro groups is 1. The van der Waals surface area contributed by atoms with Crippen molar-refractivity contribution in [3.8, 4) is 5.75 Å². The smallest absolute Gasteiger partial charge is 0.292 e. The zero-order valence-corrected chi connectivity index (χ0v) is 12.1. The topological polar surface area (TPSA) is 64.4 Å². The van der Waals surface area contributed by atoms with Gasteiger partial charge in [-0.25, -0.2) is 0 Å². The van der Waals surface area contributed by atoms with Crippen LogP contribution in [0.4, 0.5) is 11.4 Å². The van der Waals surface area contributed by atoms with Gasteiger partial charge < -0.3 is 10.1 Å². The van der Waals surface area contributed by atoms with Gasteiger partial charge in [0.1, 0.15) is 11.4 Å². The molecule has 5 heteroatoms. The van der Waals surface area contributed by atoms with Gasteiger partial charge in [0.2, 0.25) is 0 Å². The minimum atomic E-state index is -0.385. The predicted octanol–water partition coefficient (Wildman–Crippen LogP) is 4.17. The highest BCUT2D eigenvalue weighted by atomic mass is 16.6. The van der Waals surface area contributed by atoms with E-state index in [2.05, 4.69) is 5.32 Å². The first-order valence-corrected chi connectivity index (χ1v) is 6.85. The third-order valence-electron chi connectivity index (χ3n) is 3.16. The zero-order valence-electron chi connectivity index (χ0n) is 12.1.